The number of aliphatic hydroxyl groups excluding tert-OH is 1. The van der Waals surface area contributed by atoms with E-state index in [9.17, 15) is 4.79 Å². The number of fused-ring (bicyclic) bond motifs is 2. The molecule has 0 aromatic heterocycles. The maximum absolute atomic E-state index is 11.8. The fraction of sp³-hybridized carbons (Fsp3) is 0.909. The van der Waals surface area contributed by atoms with Crippen molar-refractivity contribution >= 4 is 5.91 Å². The Morgan fingerprint density at radius 3 is 2.79 bits per heavy atom. The standard InChI is InChI=1S/C11H19NO2/c1-7(6-13)12-11(14)10-5-8-2-3-9(10)4-8/h7-10,13H,2-6H2,1H3,(H,12,14)/t7-,8?,9?,10?/m1/s1. The summed E-state index contributed by atoms with van der Waals surface area (Å²) in [4.78, 5) is 11.8. The first-order valence-corrected chi connectivity index (χ1v) is 5.62. The predicted molar refractivity (Wildman–Crippen MR) is 53.6 cm³/mol. The van der Waals surface area contributed by atoms with Crippen LogP contribution in [0.2, 0.25) is 0 Å². The molecule has 4 atom stereocenters. The van der Waals surface area contributed by atoms with E-state index in [1.54, 1.807) is 0 Å². The number of carbonyl (C=O) groups is 1. The Labute approximate surface area is 84.9 Å². The first-order valence-electron chi connectivity index (χ1n) is 5.62. The summed E-state index contributed by atoms with van der Waals surface area (Å²) in [6.07, 6.45) is 4.89. The Morgan fingerprint density at radius 1 is 1.50 bits per heavy atom. The van der Waals surface area contributed by atoms with Gasteiger partial charge in [0, 0.05) is 12.0 Å². The molecule has 2 aliphatic carbocycles. The lowest BCUT2D eigenvalue weighted by Gasteiger charge is -2.22. The van der Waals surface area contributed by atoms with Crippen LogP contribution in [-0.4, -0.2) is 23.7 Å². The molecule has 2 N–H and O–H groups in total. The SMILES string of the molecule is C[C@H](CO)NC(=O)C1CC2CCC1C2. The van der Waals surface area contributed by atoms with Gasteiger partial charge >= 0.3 is 0 Å². The summed E-state index contributed by atoms with van der Waals surface area (Å²) in [7, 11) is 0. The molecule has 2 bridgehead atoms. The Balaban J connectivity index is 1.87. The van der Waals surface area contributed by atoms with Gasteiger partial charge in [-0.05, 0) is 38.0 Å². The van der Waals surface area contributed by atoms with Crippen LogP contribution in [0.1, 0.15) is 32.6 Å². The lowest BCUT2D eigenvalue weighted by molar-refractivity contribution is -0.127. The number of amides is 1. The second-order valence-corrected chi connectivity index (χ2v) is 4.87. The van der Waals surface area contributed by atoms with Crippen molar-refractivity contribution in [1.29, 1.82) is 0 Å². The maximum atomic E-state index is 11.8. The van der Waals surface area contributed by atoms with E-state index in [0.29, 0.717) is 5.92 Å². The summed E-state index contributed by atoms with van der Waals surface area (Å²) in [5.74, 6) is 1.84. The molecule has 2 saturated carbocycles. The smallest absolute Gasteiger partial charge is 0.223 e. The van der Waals surface area contributed by atoms with E-state index in [0.717, 1.165) is 12.3 Å². The van der Waals surface area contributed by atoms with Crippen LogP contribution < -0.4 is 5.32 Å². The number of hydrogen-bond acceptors (Lipinski definition) is 2. The van der Waals surface area contributed by atoms with Crippen LogP contribution in [0.5, 0.6) is 0 Å². The third kappa shape index (κ3) is 1.78. The molecule has 80 valence electrons. The van der Waals surface area contributed by atoms with E-state index < -0.39 is 0 Å². The van der Waals surface area contributed by atoms with Crippen LogP contribution in [0.4, 0.5) is 0 Å². The first kappa shape index (κ1) is 9.97. The van der Waals surface area contributed by atoms with Crippen LogP contribution in [-0.2, 0) is 4.79 Å². The fourth-order valence-corrected chi connectivity index (χ4v) is 2.96. The van der Waals surface area contributed by atoms with Gasteiger partial charge in [0.1, 0.15) is 0 Å². The monoisotopic (exact) mass is 197 g/mol. The number of rotatable bonds is 3. The summed E-state index contributed by atoms with van der Waals surface area (Å²) < 4.78 is 0. The van der Waals surface area contributed by atoms with Crippen molar-refractivity contribution in [3.63, 3.8) is 0 Å². The molecule has 14 heavy (non-hydrogen) atoms. The largest absolute Gasteiger partial charge is 0.394 e. The molecule has 1 amide bonds. The first-order chi connectivity index (χ1) is 6.70. The molecule has 3 unspecified atom stereocenters. The van der Waals surface area contributed by atoms with E-state index in [1.807, 2.05) is 6.92 Å². The van der Waals surface area contributed by atoms with Crippen LogP contribution in [0, 0.1) is 17.8 Å². The van der Waals surface area contributed by atoms with Gasteiger partial charge in [-0.3, -0.25) is 4.79 Å². The van der Waals surface area contributed by atoms with Crippen molar-refractivity contribution in [2.24, 2.45) is 17.8 Å². The minimum absolute atomic E-state index is 0.0343. The van der Waals surface area contributed by atoms with Gasteiger partial charge in [0.05, 0.1) is 6.61 Å². The second-order valence-electron chi connectivity index (χ2n) is 4.87. The van der Waals surface area contributed by atoms with Crippen LogP contribution in [0.3, 0.4) is 0 Å². The van der Waals surface area contributed by atoms with E-state index in [2.05, 4.69) is 5.32 Å². The van der Waals surface area contributed by atoms with Crippen molar-refractivity contribution in [2.75, 3.05) is 6.61 Å². The van der Waals surface area contributed by atoms with Crippen LogP contribution >= 0.6 is 0 Å². The average Bonchev–Trinajstić information content (AvgIpc) is 2.78. The molecule has 0 radical (unpaired) electrons. The Kier molecular flexibility index (Phi) is 2.77. The van der Waals surface area contributed by atoms with E-state index >= 15 is 0 Å². The highest BCUT2D eigenvalue weighted by atomic mass is 16.3. The molecule has 0 spiro atoms. The predicted octanol–water partition coefficient (Wildman–Crippen LogP) is 0.920. The highest BCUT2D eigenvalue weighted by Crippen LogP contribution is 2.48. The quantitative estimate of drug-likeness (QED) is 0.707. The van der Waals surface area contributed by atoms with E-state index in [1.165, 1.54) is 19.3 Å². The summed E-state index contributed by atoms with van der Waals surface area (Å²) in [5, 5.41) is 11.7. The zero-order valence-electron chi connectivity index (χ0n) is 8.70. The van der Waals surface area contributed by atoms with Crippen molar-refractivity contribution in [1.82, 2.24) is 5.32 Å². The van der Waals surface area contributed by atoms with Crippen molar-refractivity contribution < 1.29 is 9.90 Å². The Bertz CT molecular complexity index is 229. The molecule has 2 fully saturated rings. The van der Waals surface area contributed by atoms with Crippen molar-refractivity contribution in [2.45, 2.75) is 38.6 Å². The van der Waals surface area contributed by atoms with Gasteiger partial charge in [-0.15, -0.1) is 0 Å². The zero-order valence-corrected chi connectivity index (χ0v) is 8.70. The minimum Gasteiger partial charge on any atom is -0.394 e. The molecular formula is C11H19NO2. The number of carbonyl (C=O) groups excluding carboxylic acids is 1. The van der Waals surface area contributed by atoms with Gasteiger partial charge in [-0.2, -0.15) is 0 Å². The molecule has 0 heterocycles. The molecule has 0 aromatic rings. The zero-order chi connectivity index (χ0) is 10.1. The molecule has 0 aromatic carbocycles. The van der Waals surface area contributed by atoms with Gasteiger partial charge < -0.3 is 10.4 Å². The minimum atomic E-state index is -0.0957. The normalized spacial score (nSPS) is 37.1. The van der Waals surface area contributed by atoms with Gasteiger partial charge in [-0.25, -0.2) is 0 Å². The second kappa shape index (κ2) is 3.89. The highest BCUT2D eigenvalue weighted by molar-refractivity contribution is 5.79. The molecule has 2 aliphatic rings. The average molecular weight is 197 g/mol. The molecule has 0 aliphatic heterocycles. The van der Waals surface area contributed by atoms with Crippen molar-refractivity contribution in [3.05, 3.63) is 0 Å². The van der Waals surface area contributed by atoms with Gasteiger partial charge in [0.15, 0.2) is 0 Å². The number of aliphatic hydroxyl groups is 1. The Morgan fingerprint density at radius 2 is 2.29 bits per heavy atom. The van der Waals surface area contributed by atoms with Gasteiger partial charge in [-0.1, -0.05) is 6.42 Å². The lowest BCUT2D eigenvalue weighted by atomic mass is 9.88. The molecule has 0 saturated heterocycles. The third-order valence-corrected chi connectivity index (χ3v) is 3.74. The summed E-state index contributed by atoms with van der Waals surface area (Å²) in [6.45, 7) is 1.87. The number of hydrogen-bond donors (Lipinski definition) is 2. The molecule has 3 nitrogen and oxygen atoms in total. The van der Waals surface area contributed by atoms with E-state index in [4.69, 9.17) is 5.11 Å². The number of nitrogens with one attached hydrogen (secondary N) is 1. The lowest BCUT2D eigenvalue weighted by Crippen LogP contribution is -2.40. The fourth-order valence-electron chi connectivity index (χ4n) is 2.96. The maximum Gasteiger partial charge on any atom is 0.223 e. The Hall–Kier alpha value is -0.570. The summed E-state index contributed by atoms with van der Waals surface area (Å²) >= 11 is 0. The molecular weight excluding hydrogens is 178 g/mol. The third-order valence-electron chi connectivity index (χ3n) is 3.74. The highest BCUT2D eigenvalue weighted by Gasteiger charge is 2.43. The molecule has 3 heteroatoms. The van der Waals surface area contributed by atoms with Crippen LogP contribution in [0.15, 0.2) is 0 Å². The van der Waals surface area contributed by atoms with E-state index in [-0.39, 0.29) is 24.5 Å². The topological polar surface area (TPSA) is 49.3 Å². The van der Waals surface area contributed by atoms with Gasteiger partial charge in [0.2, 0.25) is 5.91 Å². The van der Waals surface area contributed by atoms with Crippen molar-refractivity contribution in [3.8, 4) is 0 Å². The van der Waals surface area contributed by atoms with Gasteiger partial charge in [0.25, 0.3) is 0 Å². The summed E-state index contributed by atoms with van der Waals surface area (Å²) in [5.41, 5.74) is 0. The summed E-state index contributed by atoms with van der Waals surface area (Å²) in [6, 6.07) is -0.0957. The molecule has 2 rings (SSSR count). The van der Waals surface area contributed by atoms with Crippen LogP contribution in [0.25, 0.3) is 0 Å².